The van der Waals surface area contributed by atoms with Gasteiger partial charge in [-0.05, 0) is 77.8 Å². The van der Waals surface area contributed by atoms with Gasteiger partial charge in [-0.2, -0.15) is 0 Å². The summed E-state index contributed by atoms with van der Waals surface area (Å²) in [6, 6.07) is 68.2. The molecule has 0 amide bonds. The smallest absolute Gasteiger partial charge is 0.228 e. The predicted molar refractivity (Wildman–Crippen MR) is 251 cm³/mol. The summed E-state index contributed by atoms with van der Waals surface area (Å²) in [5.41, 5.74) is 8.52. The summed E-state index contributed by atoms with van der Waals surface area (Å²) in [7, 11) is 0. The van der Waals surface area contributed by atoms with Gasteiger partial charge in [-0.25, -0.2) is 19.9 Å². The van der Waals surface area contributed by atoms with E-state index in [1.807, 2.05) is 36.4 Å². The Morgan fingerprint density at radius 3 is 1.59 bits per heavy atom. The Balaban J connectivity index is 0.953. The van der Waals surface area contributed by atoms with Crippen molar-refractivity contribution in [2.45, 2.75) is 0 Å². The predicted octanol–water partition coefficient (Wildman–Crippen LogP) is 14.7. The fraction of sp³-hybridized carbons (Fsp3) is 0. The van der Waals surface area contributed by atoms with E-state index in [1.54, 1.807) is 0 Å². The Labute approximate surface area is 349 Å². The third-order valence-electron chi connectivity index (χ3n) is 12.3. The fourth-order valence-corrected chi connectivity index (χ4v) is 9.48. The summed E-state index contributed by atoms with van der Waals surface area (Å²) < 4.78 is 6.29. The second kappa shape index (κ2) is 13.1. The Morgan fingerprint density at radius 1 is 0.279 bits per heavy atom. The molecule has 0 spiro atoms. The maximum Gasteiger partial charge on any atom is 0.228 e. The molecule has 3 aromatic heterocycles. The van der Waals surface area contributed by atoms with E-state index in [0.29, 0.717) is 23.2 Å². The quantitative estimate of drug-likeness (QED) is 0.163. The van der Waals surface area contributed by atoms with Gasteiger partial charge in [0.1, 0.15) is 5.58 Å². The molecule has 61 heavy (non-hydrogen) atoms. The van der Waals surface area contributed by atoms with E-state index in [1.165, 1.54) is 26.9 Å². The van der Waals surface area contributed by atoms with E-state index in [2.05, 4.69) is 158 Å². The molecule has 0 aliphatic rings. The summed E-state index contributed by atoms with van der Waals surface area (Å²) in [5, 5.41) is 13.8. The van der Waals surface area contributed by atoms with Gasteiger partial charge in [-0.15, -0.1) is 0 Å². The molecule has 0 N–H and O–H groups in total. The highest BCUT2D eigenvalue weighted by Crippen LogP contribution is 2.42. The molecule has 13 aromatic rings. The fourth-order valence-electron chi connectivity index (χ4n) is 9.48. The van der Waals surface area contributed by atoms with E-state index in [9.17, 15) is 0 Å². The van der Waals surface area contributed by atoms with Crippen LogP contribution in [0.5, 0.6) is 0 Å². The number of para-hydroxylation sites is 1. The molecule has 3 heterocycles. The van der Waals surface area contributed by atoms with Gasteiger partial charge in [0.05, 0.1) is 11.1 Å². The van der Waals surface area contributed by atoms with Gasteiger partial charge < -0.3 is 4.42 Å². The standard InChI is InChI=1S/C56H32N4O/c1-2-11-38(12-3-1)53-58-54(60-55(59-53)46-30-28-36-24-23-34-13-10-14-35-27-29-43(46)50(36)49(34)35)45-32-31-39(40-15-4-5-16-41(40)45)33-21-25-37(26-22-33)52-44-18-7-6-17-42(44)51-47-19-8-9-20-48(47)61-56(51)57-52/h1-32H. The SMILES string of the molecule is c1ccc(-c2nc(-c3ccc(-c4ccc(-c5nc6oc7ccccc7c6c6ccccc56)cc4)c4ccccc34)nc(-c3ccc4ccc5cccc6ccc3c4c56)n2)cc1. The maximum atomic E-state index is 6.29. The molecular formula is C56H32N4O. The van der Waals surface area contributed by atoms with E-state index in [4.69, 9.17) is 24.4 Å². The number of furan rings is 1. The molecule has 0 bridgehead atoms. The van der Waals surface area contributed by atoms with Crippen LogP contribution in [0.1, 0.15) is 0 Å². The number of hydrogen-bond donors (Lipinski definition) is 0. The van der Waals surface area contributed by atoms with E-state index < -0.39 is 0 Å². The summed E-state index contributed by atoms with van der Waals surface area (Å²) in [5.74, 6) is 1.91. The lowest BCUT2D eigenvalue weighted by atomic mass is 9.91. The van der Waals surface area contributed by atoms with Crippen LogP contribution < -0.4 is 0 Å². The lowest BCUT2D eigenvalue weighted by Crippen LogP contribution is -2.01. The van der Waals surface area contributed by atoms with Gasteiger partial charge in [-0.3, -0.25) is 0 Å². The van der Waals surface area contributed by atoms with Gasteiger partial charge >= 0.3 is 0 Å². The number of nitrogens with zero attached hydrogens (tertiary/aromatic N) is 4. The average molecular weight is 777 g/mol. The molecule has 10 aromatic carbocycles. The van der Waals surface area contributed by atoms with Crippen LogP contribution >= 0.6 is 0 Å². The van der Waals surface area contributed by atoms with E-state index in [-0.39, 0.29) is 0 Å². The van der Waals surface area contributed by atoms with Crippen LogP contribution in [0.4, 0.5) is 0 Å². The van der Waals surface area contributed by atoms with Crippen molar-refractivity contribution in [3.8, 4) is 56.5 Å². The Hall–Kier alpha value is -8.28. The van der Waals surface area contributed by atoms with Gasteiger partial charge in [0, 0.05) is 33.0 Å². The summed E-state index contributed by atoms with van der Waals surface area (Å²) in [6.45, 7) is 0. The van der Waals surface area contributed by atoms with Crippen LogP contribution in [0.25, 0.3) is 132 Å². The third-order valence-corrected chi connectivity index (χ3v) is 12.3. The Morgan fingerprint density at radius 2 is 0.820 bits per heavy atom. The minimum absolute atomic E-state index is 0.631. The molecule has 0 unspecified atom stereocenters. The second-order valence-electron chi connectivity index (χ2n) is 15.7. The van der Waals surface area contributed by atoms with Crippen LogP contribution in [0, 0.1) is 0 Å². The summed E-state index contributed by atoms with van der Waals surface area (Å²) in [6.07, 6.45) is 0. The van der Waals surface area contributed by atoms with E-state index in [0.717, 1.165) is 82.4 Å². The van der Waals surface area contributed by atoms with Crippen molar-refractivity contribution in [3.05, 3.63) is 194 Å². The highest BCUT2D eigenvalue weighted by Gasteiger charge is 2.20. The number of rotatable bonds is 5. The number of pyridine rings is 1. The van der Waals surface area contributed by atoms with Crippen LogP contribution in [-0.4, -0.2) is 19.9 Å². The van der Waals surface area contributed by atoms with Crippen molar-refractivity contribution < 1.29 is 4.42 Å². The molecule has 0 fully saturated rings. The first-order valence-electron chi connectivity index (χ1n) is 20.5. The number of benzene rings is 10. The molecule has 282 valence electrons. The van der Waals surface area contributed by atoms with Gasteiger partial charge in [-0.1, -0.05) is 176 Å². The number of fused-ring (bicyclic) bond motifs is 6. The Bertz CT molecular complexity index is 3860. The highest BCUT2D eigenvalue weighted by molar-refractivity contribution is 6.25. The molecule has 0 aliphatic heterocycles. The zero-order valence-corrected chi connectivity index (χ0v) is 32.7. The van der Waals surface area contributed by atoms with Crippen molar-refractivity contribution >= 4 is 75.9 Å². The normalized spacial score (nSPS) is 11.9. The minimum Gasteiger partial charge on any atom is -0.438 e. The van der Waals surface area contributed by atoms with Crippen molar-refractivity contribution in [2.75, 3.05) is 0 Å². The highest BCUT2D eigenvalue weighted by atomic mass is 16.3. The summed E-state index contributed by atoms with van der Waals surface area (Å²) >= 11 is 0. The van der Waals surface area contributed by atoms with Crippen molar-refractivity contribution in [1.82, 2.24) is 19.9 Å². The van der Waals surface area contributed by atoms with Crippen LogP contribution in [0.3, 0.4) is 0 Å². The van der Waals surface area contributed by atoms with Crippen LogP contribution in [-0.2, 0) is 0 Å². The van der Waals surface area contributed by atoms with Gasteiger partial charge in [0.15, 0.2) is 17.5 Å². The number of aromatic nitrogens is 4. The molecule has 5 heteroatoms. The zero-order valence-electron chi connectivity index (χ0n) is 32.7. The molecule has 0 saturated carbocycles. The second-order valence-corrected chi connectivity index (χ2v) is 15.7. The van der Waals surface area contributed by atoms with Crippen molar-refractivity contribution in [3.63, 3.8) is 0 Å². The average Bonchev–Trinajstić information content (AvgIpc) is 3.72. The molecule has 0 atom stereocenters. The van der Waals surface area contributed by atoms with E-state index >= 15 is 0 Å². The molecule has 0 aliphatic carbocycles. The van der Waals surface area contributed by atoms with Crippen LogP contribution in [0.2, 0.25) is 0 Å². The van der Waals surface area contributed by atoms with Crippen molar-refractivity contribution in [2.24, 2.45) is 0 Å². The molecule has 5 nitrogen and oxygen atoms in total. The first-order valence-corrected chi connectivity index (χ1v) is 20.5. The molecular weight excluding hydrogens is 745 g/mol. The summed E-state index contributed by atoms with van der Waals surface area (Å²) in [4.78, 5) is 20.8. The van der Waals surface area contributed by atoms with Crippen LogP contribution in [0.15, 0.2) is 199 Å². The third kappa shape index (κ3) is 5.21. The number of hydrogen-bond acceptors (Lipinski definition) is 5. The largest absolute Gasteiger partial charge is 0.438 e. The topological polar surface area (TPSA) is 64.7 Å². The van der Waals surface area contributed by atoms with Gasteiger partial charge in [0.2, 0.25) is 5.71 Å². The van der Waals surface area contributed by atoms with Gasteiger partial charge in [0.25, 0.3) is 0 Å². The first-order chi connectivity index (χ1) is 30.2. The monoisotopic (exact) mass is 776 g/mol. The van der Waals surface area contributed by atoms with Crippen molar-refractivity contribution in [1.29, 1.82) is 0 Å². The first kappa shape index (κ1) is 33.7. The Kier molecular flexibility index (Phi) is 7.24. The minimum atomic E-state index is 0.631. The molecule has 0 saturated heterocycles. The molecule has 0 radical (unpaired) electrons. The lowest BCUT2D eigenvalue weighted by Gasteiger charge is -2.15. The molecule has 13 rings (SSSR count). The maximum absolute atomic E-state index is 6.29. The lowest BCUT2D eigenvalue weighted by molar-refractivity contribution is 0.655. The zero-order chi connectivity index (χ0) is 40.0.